The largest absolute Gasteiger partial charge is 0.394 e. The molecule has 8 nitrogen and oxygen atoms in total. The smallest absolute Gasteiger partial charge is 0.164 e. The predicted molar refractivity (Wildman–Crippen MR) is 81.8 cm³/mol. The molecular weight excluding hydrogens is 300 g/mol. The van der Waals surface area contributed by atoms with Crippen LogP contribution in [0.25, 0.3) is 11.0 Å². The molecule has 8 heteroatoms. The van der Waals surface area contributed by atoms with Crippen LogP contribution in [-0.2, 0) is 4.74 Å². The monoisotopic (exact) mass is 320 g/mol. The SMILES string of the molecule is OC[C@H]1O[C@@H](n2cnc3c(NC4CCC4)nccc32)C(O)C1O. The number of hydrogen-bond acceptors (Lipinski definition) is 7. The first-order valence-electron chi connectivity index (χ1n) is 7.89. The van der Waals surface area contributed by atoms with Gasteiger partial charge in [-0.3, -0.25) is 0 Å². The average molecular weight is 320 g/mol. The van der Waals surface area contributed by atoms with E-state index in [0.717, 1.165) is 24.2 Å². The van der Waals surface area contributed by atoms with Crippen LogP contribution in [0.3, 0.4) is 0 Å². The minimum atomic E-state index is -1.13. The maximum absolute atomic E-state index is 10.2. The van der Waals surface area contributed by atoms with Gasteiger partial charge >= 0.3 is 0 Å². The molecule has 0 radical (unpaired) electrons. The van der Waals surface area contributed by atoms with Crippen molar-refractivity contribution in [1.82, 2.24) is 14.5 Å². The van der Waals surface area contributed by atoms with Gasteiger partial charge in [0.15, 0.2) is 12.0 Å². The summed E-state index contributed by atoms with van der Waals surface area (Å²) < 4.78 is 7.25. The zero-order valence-corrected chi connectivity index (χ0v) is 12.5. The molecule has 2 fully saturated rings. The fourth-order valence-electron chi connectivity index (χ4n) is 3.13. The van der Waals surface area contributed by atoms with E-state index in [1.165, 1.54) is 6.42 Å². The lowest BCUT2D eigenvalue weighted by atomic mass is 9.93. The van der Waals surface area contributed by atoms with Crippen molar-refractivity contribution in [3.63, 3.8) is 0 Å². The molecular formula is C15H20N4O4. The Balaban J connectivity index is 1.67. The molecule has 3 heterocycles. The molecule has 2 unspecified atom stereocenters. The van der Waals surface area contributed by atoms with Crippen LogP contribution in [0.2, 0.25) is 0 Å². The van der Waals surface area contributed by atoms with E-state index in [1.54, 1.807) is 23.2 Å². The van der Waals surface area contributed by atoms with Crippen LogP contribution < -0.4 is 5.32 Å². The number of nitrogens with zero attached hydrogens (tertiary/aromatic N) is 3. The van der Waals surface area contributed by atoms with Crippen molar-refractivity contribution in [2.45, 2.75) is 49.8 Å². The number of anilines is 1. The Bertz CT molecular complexity index is 702. The lowest BCUT2D eigenvalue weighted by molar-refractivity contribution is -0.0508. The van der Waals surface area contributed by atoms with E-state index in [4.69, 9.17) is 4.74 Å². The van der Waals surface area contributed by atoms with Crippen LogP contribution in [0.15, 0.2) is 18.6 Å². The van der Waals surface area contributed by atoms with E-state index >= 15 is 0 Å². The second-order valence-corrected chi connectivity index (χ2v) is 6.18. The van der Waals surface area contributed by atoms with Gasteiger partial charge in [-0.05, 0) is 25.3 Å². The molecule has 0 spiro atoms. The van der Waals surface area contributed by atoms with Gasteiger partial charge in [-0.1, -0.05) is 0 Å². The van der Waals surface area contributed by atoms with Gasteiger partial charge in [0.05, 0.1) is 18.5 Å². The van der Waals surface area contributed by atoms with Gasteiger partial charge in [-0.15, -0.1) is 0 Å². The highest BCUT2D eigenvalue weighted by molar-refractivity contribution is 5.86. The first-order valence-corrected chi connectivity index (χ1v) is 7.89. The molecule has 2 aliphatic rings. The lowest BCUT2D eigenvalue weighted by Gasteiger charge is -2.27. The van der Waals surface area contributed by atoms with Crippen molar-refractivity contribution in [1.29, 1.82) is 0 Å². The van der Waals surface area contributed by atoms with Crippen molar-refractivity contribution in [2.75, 3.05) is 11.9 Å². The second kappa shape index (κ2) is 5.72. The van der Waals surface area contributed by atoms with Gasteiger partial charge in [-0.25, -0.2) is 9.97 Å². The third-order valence-corrected chi connectivity index (χ3v) is 4.73. The minimum absolute atomic E-state index is 0.350. The number of rotatable bonds is 4. The summed E-state index contributed by atoms with van der Waals surface area (Å²) in [6.45, 7) is -0.350. The summed E-state index contributed by atoms with van der Waals surface area (Å²) in [6.07, 6.45) is 2.90. The van der Waals surface area contributed by atoms with Crippen LogP contribution in [-0.4, -0.2) is 60.8 Å². The molecule has 0 amide bonds. The first kappa shape index (κ1) is 14.8. The molecule has 1 aliphatic carbocycles. The number of aromatic nitrogens is 3. The summed E-state index contributed by atoms with van der Waals surface area (Å²) in [5.74, 6) is 0.720. The van der Waals surface area contributed by atoms with Crippen molar-refractivity contribution < 1.29 is 20.1 Å². The van der Waals surface area contributed by atoms with Crippen molar-refractivity contribution in [3.05, 3.63) is 18.6 Å². The molecule has 1 aliphatic heterocycles. The van der Waals surface area contributed by atoms with Gasteiger partial charge in [0.2, 0.25) is 0 Å². The molecule has 1 saturated heterocycles. The topological polar surface area (TPSA) is 113 Å². The van der Waals surface area contributed by atoms with Gasteiger partial charge in [0.25, 0.3) is 0 Å². The van der Waals surface area contributed by atoms with E-state index in [-0.39, 0.29) is 6.61 Å². The molecule has 2 aromatic heterocycles. The highest BCUT2D eigenvalue weighted by Crippen LogP contribution is 2.33. The zero-order valence-electron chi connectivity index (χ0n) is 12.5. The number of ether oxygens (including phenoxy) is 1. The highest BCUT2D eigenvalue weighted by atomic mass is 16.6. The Labute approximate surface area is 132 Å². The van der Waals surface area contributed by atoms with Crippen molar-refractivity contribution in [2.24, 2.45) is 0 Å². The fraction of sp³-hybridized carbons (Fsp3) is 0.600. The van der Waals surface area contributed by atoms with E-state index in [1.807, 2.05) is 0 Å². The van der Waals surface area contributed by atoms with Crippen LogP contribution in [0.1, 0.15) is 25.5 Å². The summed E-state index contributed by atoms with van der Waals surface area (Å²) in [5, 5.41) is 32.7. The van der Waals surface area contributed by atoms with Crippen LogP contribution in [0.4, 0.5) is 5.82 Å². The molecule has 4 N–H and O–H groups in total. The summed E-state index contributed by atoms with van der Waals surface area (Å²) in [5.41, 5.74) is 1.47. The Morgan fingerprint density at radius 2 is 2.09 bits per heavy atom. The number of nitrogens with one attached hydrogen (secondary N) is 1. The molecule has 0 bridgehead atoms. The van der Waals surface area contributed by atoms with Crippen LogP contribution in [0, 0.1) is 0 Å². The van der Waals surface area contributed by atoms with Gasteiger partial charge in [0.1, 0.15) is 23.8 Å². The van der Waals surface area contributed by atoms with Gasteiger partial charge in [-0.2, -0.15) is 0 Å². The molecule has 1 saturated carbocycles. The number of imidazole rings is 1. The molecule has 23 heavy (non-hydrogen) atoms. The summed E-state index contributed by atoms with van der Waals surface area (Å²) >= 11 is 0. The quantitative estimate of drug-likeness (QED) is 0.627. The van der Waals surface area contributed by atoms with E-state index in [2.05, 4.69) is 15.3 Å². The van der Waals surface area contributed by atoms with E-state index < -0.39 is 24.5 Å². The number of hydrogen-bond donors (Lipinski definition) is 4. The first-order chi connectivity index (χ1) is 11.2. The third kappa shape index (κ3) is 2.38. The summed E-state index contributed by atoms with van der Waals surface area (Å²) in [6, 6.07) is 2.23. The fourth-order valence-corrected chi connectivity index (χ4v) is 3.13. The number of aliphatic hydroxyl groups excluding tert-OH is 3. The maximum Gasteiger partial charge on any atom is 0.164 e. The molecule has 124 valence electrons. The van der Waals surface area contributed by atoms with Crippen molar-refractivity contribution >= 4 is 16.9 Å². The van der Waals surface area contributed by atoms with Crippen LogP contribution >= 0.6 is 0 Å². The Morgan fingerprint density at radius 3 is 2.74 bits per heavy atom. The number of pyridine rings is 1. The lowest BCUT2D eigenvalue weighted by Crippen LogP contribution is -2.33. The van der Waals surface area contributed by atoms with E-state index in [9.17, 15) is 15.3 Å². The normalized spacial score (nSPS) is 31.4. The average Bonchev–Trinajstić information content (AvgIpc) is 3.06. The Morgan fingerprint density at radius 1 is 1.26 bits per heavy atom. The molecule has 2 aromatic rings. The maximum atomic E-state index is 10.2. The Hall–Kier alpha value is -1.74. The highest BCUT2D eigenvalue weighted by Gasteiger charge is 2.43. The summed E-state index contributed by atoms with van der Waals surface area (Å²) in [7, 11) is 0. The second-order valence-electron chi connectivity index (χ2n) is 6.18. The molecule has 4 atom stereocenters. The third-order valence-electron chi connectivity index (χ3n) is 4.73. The number of aliphatic hydroxyl groups is 3. The van der Waals surface area contributed by atoms with Crippen molar-refractivity contribution in [3.8, 4) is 0 Å². The van der Waals surface area contributed by atoms with E-state index in [0.29, 0.717) is 11.6 Å². The standard InChI is InChI=1S/C15H20N4O4/c20-6-10-12(21)13(22)15(23-10)19-7-17-11-9(19)4-5-16-14(11)18-8-2-1-3-8/h4-5,7-8,10,12-13,15,20-22H,1-3,6H2,(H,16,18)/t10-,12?,13?,15-/m1/s1. The molecule has 4 rings (SSSR count). The van der Waals surface area contributed by atoms with Gasteiger partial charge < -0.3 is 29.9 Å². The zero-order chi connectivity index (χ0) is 16.0. The summed E-state index contributed by atoms with van der Waals surface area (Å²) in [4.78, 5) is 8.74. The number of fused-ring (bicyclic) bond motifs is 1. The minimum Gasteiger partial charge on any atom is -0.394 e. The van der Waals surface area contributed by atoms with Gasteiger partial charge in [0, 0.05) is 12.2 Å². The predicted octanol–water partition coefficient (Wildman–Crippen LogP) is 0.00720. The molecule has 0 aromatic carbocycles. The Kier molecular flexibility index (Phi) is 3.68. The van der Waals surface area contributed by atoms with Crippen LogP contribution in [0.5, 0.6) is 0 Å².